The maximum atomic E-state index is 12.7. The monoisotopic (exact) mass is 299 g/mol. The fourth-order valence-electron chi connectivity index (χ4n) is 2.28. The lowest BCUT2D eigenvalue weighted by Crippen LogP contribution is -2.30. The highest BCUT2D eigenvalue weighted by Gasteiger charge is 2.16. The average molecular weight is 299 g/mol. The number of methoxy groups -OCH3 is 2. The molecule has 2 aromatic rings. The third-order valence-electron chi connectivity index (χ3n) is 3.52. The van der Waals surface area contributed by atoms with Gasteiger partial charge in [0.15, 0.2) is 11.5 Å². The highest BCUT2D eigenvalue weighted by molar-refractivity contribution is 5.94. The van der Waals surface area contributed by atoms with Gasteiger partial charge >= 0.3 is 0 Å². The molecule has 1 amide bonds. The zero-order valence-electron chi connectivity index (χ0n) is 13.2. The van der Waals surface area contributed by atoms with Crippen LogP contribution in [-0.4, -0.2) is 31.6 Å². The molecule has 0 saturated carbocycles. The van der Waals surface area contributed by atoms with E-state index in [1.807, 2.05) is 37.3 Å². The Morgan fingerprint density at radius 2 is 1.68 bits per heavy atom. The number of hydrogen-bond acceptors (Lipinski definition) is 3. The number of ether oxygens (including phenoxy) is 2. The van der Waals surface area contributed by atoms with E-state index >= 15 is 0 Å². The van der Waals surface area contributed by atoms with Gasteiger partial charge in [0, 0.05) is 18.7 Å². The van der Waals surface area contributed by atoms with Gasteiger partial charge in [-0.2, -0.15) is 0 Å². The maximum absolute atomic E-state index is 12.7. The number of carbonyl (C=O) groups is 1. The summed E-state index contributed by atoms with van der Waals surface area (Å²) in [4.78, 5) is 14.5. The summed E-state index contributed by atoms with van der Waals surface area (Å²) >= 11 is 0. The third-order valence-corrected chi connectivity index (χ3v) is 3.52. The first-order valence-electron chi connectivity index (χ1n) is 7.24. The summed E-state index contributed by atoms with van der Waals surface area (Å²) in [6, 6.07) is 15.2. The predicted molar refractivity (Wildman–Crippen MR) is 86.4 cm³/mol. The van der Waals surface area contributed by atoms with Gasteiger partial charge in [-0.05, 0) is 30.7 Å². The van der Waals surface area contributed by atoms with Crippen molar-refractivity contribution >= 4 is 5.91 Å². The molecule has 0 spiro atoms. The highest BCUT2D eigenvalue weighted by atomic mass is 16.5. The quantitative estimate of drug-likeness (QED) is 0.821. The minimum Gasteiger partial charge on any atom is -0.493 e. The summed E-state index contributed by atoms with van der Waals surface area (Å²) < 4.78 is 10.5. The Labute approximate surface area is 131 Å². The van der Waals surface area contributed by atoms with Crippen molar-refractivity contribution in [1.29, 1.82) is 0 Å². The summed E-state index contributed by atoms with van der Waals surface area (Å²) in [6.07, 6.45) is 0. The van der Waals surface area contributed by atoms with Gasteiger partial charge in [0.25, 0.3) is 5.91 Å². The molecule has 4 heteroatoms. The Morgan fingerprint density at radius 3 is 2.27 bits per heavy atom. The van der Waals surface area contributed by atoms with E-state index in [2.05, 4.69) is 0 Å². The number of hydrogen-bond donors (Lipinski definition) is 0. The zero-order valence-corrected chi connectivity index (χ0v) is 13.2. The number of rotatable bonds is 6. The lowest BCUT2D eigenvalue weighted by Gasteiger charge is -2.21. The normalized spacial score (nSPS) is 10.1. The zero-order chi connectivity index (χ0) is 15.9. The van der Waals surface area contributed by atoms with E-state index in [0.29, 0.717) is 30.2 Å². The molecule has 22 heavy (non-hydrogen) atoms. The van der Waals surface area contributed by atoms with Gasteiger partial charge in [-0.25, -0.2) is 0 Å². The topological polar surface area (TPSA) is 38.8 Å². The van der Waals surface area contributed by atoms with Crippen molar-refractivity contribution in [2.24, 2.45) is 0 Å². The van der Waals surface area contributed by atoms with Crippen LogP contribution in [0.1, 0.15) is 22.8 Å². The maximum Gasteiger partial charge on any atom is 0.254 e. The minimum absolute atomic E-state index is 0.0210. The third kappa shape index (κ3) is 3.58. The molecule has 2 aromatic carbocycles. The molecule has 0 aliphatic carbocycles. The largest absolute Gasteiger partial charge is 0.493 e. The van der Waals surface area contributed by atoms with Crippen molar-refractivity contribution < 1.29 is 14.3 Å². The molecular formula is C18H21NO3. The summed E-state index contributed by atoms with van der Waals surface area (Å²) in [5.74, 6) is 1.15. The van der Waals surface area contributed by atoms with Crippen LogP contribution in [-0.2, 0) is 6.54 Å². The summed E-state index contributed by atoms with van der Waals surface area (Å²) in [5.41, 5.74) is 1.70. The molecule has 0 aromatic heterocycles. The van der Waals surface area contributed by atoms with Crippen LogP contribution in [0, 0.1) is 0 Å². The standard InChI is InChI=1S/C18H21NO3/c1-4-19(13-14-8-6-5-7-9-14)18(20)15-10-11-16(21-2)17(12-15)22-3/h5-12H,4,13H2,1-3H3. The SMILES string of the molecule is CCN(Cc1ccccc1)C(=O)c1ccc(OC)c(OC)c1. The molecule has 0 aliphatic heterocycles. The van der Waals surface area contributed by atoms with Gasteiger partial charge in [0.05, 0.1) is 14.2 Å². The van der Waals surface area contributed by atoms with E-state index in [0.717, 1.165) is 5.56 Å². The van der Waals surface area contributed by atoms with Crippen LogP contribution < -0.4 is 9.47 Å². The second kappa shape index (κ2) is 7.50. The van der Waals surface area contributed by atoms with E-state index < -0.39 is 0 Å². The van der Waals surface area contributed by atoms with E-state index in [9.17, 15) is 4.79 Å². The Hall–Kier alpha value is -2.49. The van der Waals surface area contributed by atoms with Crippen molar-refractivity contribution in [2.75, 3.05) is 20.8 Å². The molecule has 0 radical (unpaired) electrons. The second-order valence-corrected chi connectivity index (χ2v) is 4.87. The van der Waals surface area contributed by atoms with Crippen LogP contribution >= 0.6 is 0 Å². The van der Waals surface area contributed by atoms with Crippen LogP contribution in [0.2, 0.25) is 0 Å². The molecule has 2 rings (SSSR count). The van der Waals surface area contributed by atoms with Crippen LogP contribution in [0.3, 0.4) is 0 Å². The van der Waals surface area contributed by atoms with Crippen molar-refractivity contribution in [3.8, 4) is 11.5 Å². The Kier molecular flexibility index (Phi) is 5.42. The van der Waals surface area contributed by atoms with Gasteiger partial charge in [-0.1, -0.05) is 30.3 Å². The number of carbonyl (C=O) groups excluding carboxylic acids is 1. The first kappa shape index (κ1) is 15.9. The molecule has 4 nitrogen and oxygen atoms in total. The number of benzene rings is 2. The fraction of sp³-hybridized carbons (Fsp3) is 0.278. The van der Waals surface area contributed by atoms with Gasteiger partial charge in [-0.3, -0.25) is 4.79 Å². The Bertz CT molecular complexity index is 625. The molecule has 0 bridgehead atoms. The van der Waals surface area contributed by atoms with Crippen LogP contribution in [0.5, 0.6) is 11.5 Å². The van der Waals surface area contributed by atoms with Gasteiger partial charge < -0.3 is 14.4 Å². The van der Waals surface area contributed by atoms with Crippen molar-refractivity contribution in [3.63, 3.8) is 0 Å². The lowest BCUT2D eigenvalue weighted by molar-refractivity contribution is 0.0752. The highest BCUT2D eigenvalue weighted by Crippen LogP contribution is 2.28. The van der Waals surface area contributed by atoms with Gasteiger partial charge in [0.2, 0.25) is 0 Å². The van der Waals surface area contributed by atoms with Crippen molar-refractivity contribution in [1.82, 2.24) is 4.90 Å². The van der Waals surface area contributed by atoms with Gasteiger partial charge in [0.1, 0.15) is 0 Å². The lowest BCUT2D eigenvalue weighted by atomic mass is 10.1. The molecule has 116 valence electrons. The van der Waals surface area contributed by atoms with Crippen molar-refractivity contribution in [3.05, 3.63) is 59.7 Å². The minimum atomic E-state index is -0.0210. The van der Waals surface area contributed by atoms with Crippen LogP contribution in [0.4, 0.5) is 0 Å². The Balaban J connectivity index is 2.21. The molecule has 0 heterocycles. The number of amides is 1. The fourth-order valence-corrected chi connectivity index (χ4v) is 2.28. The molecule has 0 N–H and O–H groups in total. The second-order valence-electron chi connectivity index (χ2n) is 4.87. The van der Waals surface area contributed by atoms with Crippen molar-refractivity contribution in [2.45, 2.75) is 13.5 Å². The number of nitrogens with zero attached hydrogens (tertiary/aromatic N) is 1. The summed E-state index contributed by atoms with van der Waals surface area (Å²) in [7, 11) is 3.14. The van der Waals surface area contributed by atoms with E-state index in [1.54, 1.807) is 37.3 Å². The molecule has 0 unspecified atom stereocenters. The van der Waals surface area contributed by atoms with E-state index in [-0.39, 0.29) is 5.91 Å². The average Bonchev–Trinajstić information content (AvgIpc) is 2.59. The Morgan fingerprint density at radius 1 is 1.00 bits per heavy atom. The summed E-state index contributed by atoms with van der Waals surface area (Å²) in [5, 5.41) is 0. The first-order chi connectivity index (χ1) is 10.7. The van der Waals surface area contributed by atoms with Crippen LogP contribution in [0.15, 0.2) is 48.5 Å². The predicted octanol–water partition coefficient (Wildman–Crippen LogP) is 3.37. The molecular weight excluding hydrogens is 278 g/mol. The molecule has 0 saturated heterocycles. The molecule has 0 aliphatic rings. The summed E-state index contributed by atoms with van der Waals surface area (Å²) in [6.45, 7) is 3.20. The molecule has 0 atom stereocenters. The van der Waals surface area contributed by atoms with Gasteiger partial charge in [-0.15, -0.1) is 0 Å². The smallest absolute Gasteiger partial charge is 0.254 e. The van der Waals surface area contributed by atoms with Crippen LogP contribution in [0.25, 0.3) is 0 Å². The molecule has 0 fully saturated rings. The first-order valence-corrected chi connectivity index (χ1v) is 7.24. The van der Waals surface area contributed by atoms with E-state index in [1.165, 1.54) is 0 Å². The van der Waals surface area contributed by atoms with E-state index in [4.69, 9.17) is 9.47 Å².